The van der Waals surface area contributed by atoms with Crippen LogP contribution in [0.1, 0.15) is 118 Å². The van der Waals surface area contributed by atoms with Gasteiger partial charge in [-0.2, -0.15) is 15.2 Å². The number of rotatable bonds is 17. The van der Waals surface area contributed by atoms with E-state index in [1.807, 2.05) is 27.7 Å². The molecule has 1 aliphatic heterocycles. The summed E-state index contributed by atoms with van der Waals surface area (Å²) in [5, 5.41) is 23.3. The van der Waals surface area contributed by atoms with Crippen molar-refractivity contribution in [2.75, 3.05) is 5.01 Å². The van der Waals surface area contributed by atoms with E-state index < -0.39 is 47.9 Å². The number of esters is 4. The lowest BCUT2D eigenvalue weighted by Crippen LogP contribution is -2.24. The molecule has 57 heavy (non-hydrogen) atoms. The number of aromatic nitrogens is 2. The number of benzene rings is 2. The average molecular weight is 782 g/mol. The van der Waals surface area contributed by atoms with E-state index in [2.05, 4.69) is 10.2 Å². The average Bonchev–Trinajstić information content (AvgIpc) is 3.72. The Hall–Kier alpha value is -6.31. The summed E-state index contributed by atoms with van der Waals surface area (Å²) in [5.41, 5.74) is 0.642. The quantitative estimate of drug-likeness (QED) is 0.0593. The van der Waals surface area contributed by atoms with E-state index in [-0.39, 0.29) is 45.9 Å². The van der Waals surface area contributed by atoms with Crippen molar-refractivity contribution in [1.29, 1.82) is 0 Å². The van der Waals surface area contributed by atoms with Gasteiger partial charge in [0.15, 0.2) is 11.4 Å². The highest BCUT2D eigenvalue weighted by Gasteiger charge is 2.36. The first-order valence-electron chi connectivity index (χ1n) is 19.0. The normalized spacial score (nSPS) is 15.7. The molecule has 302 valence electrons. The second-order valence-corrected chi connectivity index (χ2v) is 13.5. The second kappa shape index (κ2) is 20.0. The molecule has 14 nitrogen and oxygen atoms in total. The predicted molar refractivity (Wildman–Crippen MR) is 212 cm³/mol. The van der Waals surface area contributed by atoms with Crippen LogP contribution in [0.2, 0.25) is 0 Å². The molecule has 0 aliphatic carbocycles. The van der Waals surface area contributed by atoms with Gasteiger partial charge in [0.2, 0.25) is 0 Å². The number of carbonyl (C=O) groups excluding carboxylic acids is 5. The molecule has 4 atom stereocenters. The summed E-state index contributed by atoms with van der Waals surface area (Å²) in [4.78, 5) is 65.0. The molecule has 0 radical (unpaired) electrons. The van der Waals surface area contributed by atoms with Crippen LogP contribution in [-0.2, 0) is 28.5 Å². The molecule has 2 aromatic carbocycles. The van der Waals surface area contributed by atoms with Crippen molar-refractivity contribution < 1.29 is 48.0 Å². The van der Waals surface area contributed by atoms with E-state index >= 15 is 0 Å². The van der Waals surface area contributed by atoms with E-state index in [1.54, 1.807) is 27.7 Å². The second-order valence-electron chi connectivity index (χ2n) is 13.5. The van der Waals surface area contributed by atoms with Gasteiger partial charge in [0.05, 0.1) is 52.5 Å². The molecule has 1 amide bonds. The molecule has 4 unspecified atom stereocenters. The minimum Gasteiger partial charge on any atom is -0.858 e. The number of nitrogens with zero attached hydrogens (tertiary/aromatic N) is 4. The van der Waals surface area contributed by atoms with Crippen LogP contribution in [0.15, 0.2) is 83.5 Å². The van der Waals surface area contributed by atoms with Crippen LogP contribution >= 0.6 is 0 Å². The lowest BCUT2D eigenvalue weighted by Gasteiger charge is -2.13. The zero-order chi connectivity index (χ0) is 41.8. The maximum Gasteiger partial charge on any atom is 0.359 e. The number of hydrazone groups is 1. The summed E-state index contributed by atoms with van der Waals surface area (Å²) >= 11 is 0. The van der Waals surface area contributed by atoms with Crippen molar-refractivity contribution >= 4 is 47.3 Å². The SMILES string of the molecule is CCC(C)OC(=O)C1=NN(c2ccc(C(=O)OC(C)CC)cc2)C(=O)\C1=C/C=C/C=C/c1c(C(=O)OC(C)CC)nn(-c2ccc(C(=O)OC(C)CC)cc2)c1[O-]. The zero-order valence-corrected chi connectivity index (χ0v) is 33.5. The fraction of sp³-hybridized carbons (Fsp3) is 0.372. The highest BCUT2D eigenvalue weighted by atomic mass is 16.6. The monoisotopic (exact) mass is 781 g/mol. The van der Waals surface area contributed by atoms with Crippen LogP contribution in [0.3, 0.4) is 0 Å². The van der Waals surface area contributed by atoms with Gasteiger partial charge in [0.1, 0.15) is 0 Å². The molecule has 4 rings (SSSR count). The van der Waals surface area contributed by atoms with Gasteiger partial charge in [-0.25, -0.2) is 23.9 Å². The molecule has 1 aromatic heterocycles. The molecule has 0 saturated heterocycles. The summed E-state index contributed by atoms with van der Waals surface area (Å²) in [7, 11) is 0. The number of ether oxygens (including phenoxy) is 4. The van der Waals surface area contributed by atoms with Gasteiger partial charge >= 0.3 is 23.9 Å². The third kappa shape index (κ3) is 10.9. The molecule has 0 spiro atoms. The van der Waals surface area contributed by atoms with E-state index in [0.29, 0.717) is 37.1 Å². The number of anilines is 1. The Labute approximate surface area is 332 Å². The molecule has 3 aromatic rings. The van der Waals surface area contributed by atoms with Gasteiger partial charge in [-0.3, -0.25) is 4.79 Å². The fourth-order valence-electron chi connectivity index (χ4n) is 4.94. The van der Waals surface area contributed by atoms with Gasteiger partial charge in [-0.05, 0) is 114 Å². The smallest absolute Gasteiger partial charge is 0.359 e. The highest BCUT2D eigenvalue weighted by Crippen LogP contribution is 2.27. The van der Waals surface area contributed by atoms with Crippen LogP contribution in [0, 0.1) is 0 Å². The van der Waals surface area contributed by atoms with Crippen LogP contribution in [0.25, 0.3) is 11.8 Å². The summed E-state index contributed by atoms with van der Waals surface area (Å²) in [6.45, 7) is 14.5. The van der Waals surface area contributed by atoms with Gasteiger partial charge in [0, 0.05) is 5.56 Å². The first-order chi connectivity index (χ1) is 27.2. The summed E-state index contributed by atoms with van der Waals surface area (Å²) in [6, 6.07) is 12.1. The van der Waals surface area contributed by atoms with E-state index in [0.717, 1.165) is 9.69 Å². The Kier molecular flexibility index (Phi) is 15.3. The molecule has 14 heteroatoms. The Morgan fingerprint density at radius 1 is 0.649 bits per heavy atom. The van der Waals surface area contributed by atoms with Crippen LogP contribution in [0.5, 0.6) is 5.88 Å². The molecular weight excluding hydrogens is 732 g/mol. The lowest BCUT2D eigenvalue weighted by molar-refractivity contribution is -0.278. The van der Waals surface area contributed by atoms with Crippen molar-refractivity contribution in [2.45, 2.75) is 105 Å². The summed E-state index contributed by atoms with van der Waals surface area (Å²) in [6.07, 6.45) is 8.19. The lowest BCUT2D eigenvalue weighted by atomic mass is 10.1. The highest BCUT2D eigenvalue weighted by molar-refractivity contribution is 6.53. The maximum absolute atomic E-state index is 13.7. The molecule has 1 aliphatic rings. The van der Waals surface area contributed by atoms with Crippen molar-refractivity contribution in [3.05, 3.63) is 101 Å². The Bertz CT molecular complexity index is 2060. The van der Waals surface area contributed by atoms with Gasteiger partial charge in [-0.15, -0.1) is 0 Å². The third-order valence-corrected chi connectivity index (χ3v) is 9.12. The van der Waals surface area contributed by atoms with Crippen molar-refractivity contribution in [1.82, 2.24) is 9.78 Å². The number of amides is 1. The molecule has 2 heterocycles. The topological polar surface area (TPSA) is 179 Å². The third-order valence-electron chi connectivity index (χ3n) is 9.12. The first-order valence-corrected chi connectivity index (χ1v) is 19.0. The van der Waals surface area contributed by atoms with Crippen LogP contribution in [-0.4, -0.2) is 69.7 Å². The summed E-state index contributed by atoms with van der Waals surface area (Å²) < 4.78 is 22.8. The van der Waals surface area contributed by atoms with E-state index in [9.17, 15) is 29.1 Å². The standard InChI is InChI=1S/C43H50N4O10/c1-9-26(5)54-40(50)30-18-22-32(23-19-30)46-38(48)34(36(44-46)42(52)56-28(7)11-3)16-14-13-15-17-35-37(43(53)57-29(8)12-4)45-47(39(35)49)33-24-20-31(21-25-33)41(51)55-27(6)10-2/h13-29,48H,9-12H2,1-8H3/p-1/b15-13+,16-14+,35-17-. The first kappa shape index (κ1) is 43.4. The van der Waals surface area contributed by atoms with Crippen LogP contribution in [0.4, 0.5) is 5.69 Å². The number of allylic oxidation sites excluding steroid dienone is 4. The van der Waals surface area contributed by atoms with Crippen molar-refractivity contribution in [2.24, 2.45) is 5.10 Å². The van der Waals surface area contributed by atoms with E-state index in [1.165, 1.54) is 78.9 Å². The largest absolute Gasteiger partial charge is 0.858 e. The van der Waals surface area contributed by atoms with Gasteiger partial charge in [0.25, 0.3) is 5.91 Å². The molecule has 0 N–H and O–H groups in total. The minimum atomic E-state index is -0.794. The van der Waals surface area contributed by atoms with Gasteiger partial charge < -0.3 is 24.1 Å². The Balaban J connectivity index is 1.63. The maximum atomic E-state index is 13.7. The predicted octanol–water partition coefficient (Wildman–Crippen LogP) is 7.05. The number of carbonyl (C=O) groups is 5. The fourth-order valence-corrected chi connectivity index (χ4v) is 4.94. The molecular formula is C43H49N4O10-. The van der Waals surface area contributed by atoms with E-state index in [4.69, 9.17) is 18.9 Å². The summed E-state index contributed by atoms with van der Waals surface area (Å²) in [5.74, 6) is -3.84. The Morgan fingerprint density at radius 3 is 1.60 bits per heavy atom. The van der Waals surface area contributed by atoms with Gasteiger partial charge in [-0.1, -0.05) is 52.0 Å². The molecule has 0 fully saturated rings. The molecule has 0 bridgehead atoms. The number of hydrogen-bond donors (Lipinski definition) is 0. The number of hydrogen-bond acceptors (Lipinski definition) is 12. The zero-order valence-electron chi connectivity index (χ0n) is 33.5. The molecule has 0 saturated carbocycles. The van der Waals surface area contributed by atoms with Crippen molar-refractivity contribution in [3.63, 3.8) is 0 Å². The Morgan fingerprint density at radius 2 is 1.11 bits per heavy atom. The van der Waals surface area contributed by atoms with Crippen LogP contribution < -0.4 is 10.1 Å². The minimum absolute atomic E-state index is 0.0557. The van der Waals surface area contributed by atoms with Crippen molar-refractivity contribution in [3.8, 4) is 11.6 Å².